The van der Waals surface area contributed by atoms with Gasteiger partial charge in [0.05, 0.1) is 19.4 Å². The SMILES string of the molecule is CCOc1cc(/C=N\NC(=O)[C@H](Cc2ccc(O)cc2)NC(=O)[C@H](CO)NC(=O)OCc2ccccc2)ccc1OCc1ccc2c(c1)OCO2. The number of ether oxygens (including phenoxy) is 5. The molecular formula is C37H38N4O10. The topological polar surface area (TPSA) is 186 Å². The Morgan fingerprint density at radius 1 is 0.804 bits per heavy atom. The van der Waals surface area contributed by atoms with Crippen molar-refractivity contribution in [1.29, 1.82) is 0 Å². The Kier molecular flexibility index (Phi) is 12.7. The molecule has 1 aliphatic rings. The van der Waals surface area contributed by atoms with Crippen molar-refractivity contribution in [3.8, 4) is 28.7 Å². The van der Waals surface area contributed by atoms with E-state index in [1.807, 2.05) is 31.2 Å². The van der Waals surface area contributed by atoms with Crippen molar-refractivity contribution in [2.24, 2.45) is 5.10 Å². The van der Waals surface area contributed by atoms with Gasteiger partial charge in [-0.15, -0.1) is 0 Å². The van der Waals surface area contributed by atoms with Gasteiger partial charge >= 0.3 is 6.09 Å². The number of hydrogen-bond acceptors (Lipinski definition) is 11. The largest absolute Gasteiger partial charge is 0.508 e. The number of amides is 3. The molecule has 51 heavy (non-hydrogen) atoms. The van der Waals surface area contributed by atoms with Crippen molar-refractivity contribution in [1.82, 2.24) is 16.1 Å². The lowest BCUT2D eigenvalue weighted by Crippen LogP contribution is -2.55. The Hall–Kier alpha value is -6.28. The molecule has 0 radical (unpaired) electrons. The summed E-state index contributed by atoms with van der Waals surface area (Å²) < 4.78 is 27.7. The molecular weight excluding hydrogens is 660 g/mol. The zero-order valence-corrected chi connectivity index (χ0v) is 27.7. The van der Waals surface area contributed by atoms with Crippen LogP contribution in [0.15, 0.2) is 96.1 Å². The number of hydrogen-bond donors (Lipinski definition) is 5. The molecule has 0 unspecified atom stereocenters. The molecule has 2 atom stereocenters. The predicted molar refractivity (Wildman–Crippen MR) is 185 cm³/mol. The summed E-state index contributed by atoms with van der Waals surface area (Å²) in [4.78, 5) is 38.8. The van der Waals surface area contributed by atoms with E-state index < -0.39 is 36.6 Å². The number of phenolic OH excluding ortho intramolecular Hbond substituents is 1. The normalized spacial score (nSPS) is 12.8. The summed E-state index contributed by atoms with van der Waals surface area (Å²) in [5, 5.41) is 28.5. The van der Waals surface area contributed by atoms with Crippen LogP contribution in [0.5, 0.6) is 28.7 Å². The molecule has 14 heteroatoms. The molecule has 0 bridgehead atoms. The van der Waals surface area contributed by atoms with Crippen molar-refractivity contribution in [2.45, 2.75) is 38.6 Å². The fraction of sp³-hybridized carbons (Fsp3) is 0.243. The first-order chi connectivity index (χ1) is 24.8. The Morgan fingerprint density at radius 3 is 2.33 bits per heavy atom. The van der Waals surface area contributed by atoms with Gasteiger partial charge in [-0.25, -0.2) is 10.2 Å². The van der Waals surface area contributed by atoms with E-state index in [-0.39, 0.29) is 32.2 Å². The highest BCUT2D eigenvalue weighted by atomic mass is 16.7. The maximum absolute atomic E-state index is 13.3. The fourth-order valence-electron chi connectivity index (χ4n) is 4.88. The summed E-state index contributed by atoms with van der Waals surface area (Å²) in [6.45, 7) is 1.87. The number of carbonyl (C=O) groups is 3. The van der Waals surface area contributed by atoms with Gasteiger partial charge in [-0.3, -0.25) is 9.59 Å². The molecule has 14 nitrogen and oxygen atoms in total. The maximum atomic E-state index is 13.3. The molecule has 0 fully saturated rings. The van der Waals surface area contributed by atoms with Crippen LogP contribution in [0.3, 0.4) is 0 Å². The first-order valence-electron chi connectivity index (χ1n) is 16.1. The molecule has 4 aromatic rings. The quantitative estimate of drug-likeness (QED) is 0.0856. The van der Waals surface area contributed by atoms with Gasteiger partial charge in [0.2, 0.25) is 12.7 Å². The number of aliphatic hydroxyl groups is 1. The average molecular weight is 699 g/mol. The highest BCUT2D eigenvalue weighted by Gasteiger charge is 2.27. The van der Waals surface area contributed by atoms with Gasteiger partial charge in [-0.05, 0) is 71.6 Å². The number of alkyl carbamates (subject to hydrolysis) is 1. The summed E-state index contributed by atoms with van der Waals surface area (Å²) in [5.74, 6) is 0.840. The Morgan fingerprint density at radius 2 is 1.57 bits per heavy atom. The van der Waals surface area contributed by atoms with Gasteiger partial charge in [-0.2, -0.15) is 5.10 Å². The van der Waals surface area contributed by atoms with E-state index in [0.29, 0.717) is 40.7 Å². The summed E-state index contributed by atoms with van der Waals surface area (Å²) in [6, 6.07) is 23.2. The minimum Gasteiger partial charge on any atom is -0.508 e. The van der Waals surface area contributed by atoms with Crippen molar-refractivity contribution in [3.05, 3.63) is 113 Å². The zero-order chi connectivity index (χ0) is 36.0. The third-order valence-electron chi connectivity index (χ3n) is 7.50. The van der Waals surface area contributed by atoms with Crippen molar-refractivity contribution in [2.75, 3.05) is 20.0 Å². The Labute approximate surface area is 293 Å². The second-order valence-electron chi connectivity index (χ2n) is 11.2. The van der Waals surface area contributed by atoms with Crippen LogP contribution in [0, 0.1) is 0 Å². The minimum absolute atomic E-state index is 0.00781. The van der Waals surface area contributed by atoms with E-state index in [9.17, 15) is 24.6 Å². The number of aromatic hydroxyl groups is 1. The molecule has 5 N–H and O–H groups in total. The standard InChI is InChI=1S/C37H38N4O10/c1-2-47-33-17-26(10-14-31(33)48-22-27-11-15-32-34(18-27)51-23-50-32)19-38-41-36(45)29(16-24-8-12-28(43)13-9-24)39-35(44)30(20-42)40-37(46)49-21-25-6-4-3-5-7-25/h3-15,17-19,29-30,42-43H,2,16,20-23H2,1H3,(H,39,44)(H,40,46)(H,41,45)/b38-19-/t29-,30-/m0/s1. The summed E-state index contributed by atoms with van der Waals surface area (Å²) in [6.07, 6.45) is 0.490. The molecule has 0 saturated heterocycles. The highest BCUT2D eigenvalue weighted by Crippen LogP contribution is 2.34. The summed E-state index contributed by atoms with van der Waals surface area (Å²) in [5.41, 5.74) is 5.26. The third kappa shape index (κ3) is 10.6. The lowest BCUT2D eigenvalue weighted by molar-refractivity contribution is -0.130. The van der Waals surface area contributed by atoms with Gasteiger partial charge in [0, 0.05) is 6.42 Å². The van der Waals surface area contributed by atoms with E-state index >= 15 is 0 Å². The number of aliphatic hydroxyl groups excluding tert-OH is 1. The molecule has 1 aliphatic heterocycles. The van der Waals surface area contributed by atoms with Gasteiger partial charge in [0.15, 0.2) is 23.0 Å². The van der Waals surface area contributed by atoms with Crippen molar-refractivity contribution >= 4 is 24.1 Å². The minimum atomic E-state index is -1.41. The molecule has 3 amide bonds. The number of nitrogens with one attached hydrogen (secondary N) is 3. The van der Waals surface area contributed by atoms with E-state index in [1.165, 1.54) is 18.3 Å². The number of benzene rings is 4. The van der Waals surface area contributed by atoms with Crippen LogP contribution >= 0.6 is 0 Å². The zero-order valence-electron chi connectivity index (χ0n) is 27.7. The maximum Gasteiger partial charge on any atom is 0.408 e. The summed E-state index contributed by atoms with van der Waals surface area (Å²) >= 11 is 0. The van der Waals surface area contributed by atoms with Crippen LogP contribution in [0.1, 0.15) is 29.2 Å². The fourth-order valence-corrected chi connectivity index (χ4v) is 4.88. The van der Waals surface area contributed by atoms with Crippen LogP contribution in [0.25, 0.3) is 0 Å². The monoisotopic (exact) mass is 698 g/mol. The van der Waals surface area contributed by atoms with Gasteiger partial charge in [-0.1, -0.05) is 48.5 Å². The molecule has 266 valence electrons. The van der Waals surface area contributed by atoms with Crippen molar-refractivity contribution < 1.29 is 48.3 Å². The Balaban J connectivity index is 1.21. The highest BCUT2D eigenvalue weighted by molar-refractivity contribution is 5.92. The molecule has 0 spiro atoms. The second-order valence-corrected chi connectivity index (χ2v) is 11.2. The van der Waals surface area contributed by atoms with Crippen LogP contribution in [0.4, 0.5) is 4.79 Å². The number of phenols is 1. The third-order valence-corrected chi connectivity index (χ3v) is 7.50. The number of fused-ring (bicyclic) bond motifs is 1. The van der Waals surface area contributed by atoms with Gasteiger partial charge < -0.3 is 44.5 Å². The van der Waals surface area contributed by atoms with Crippen LogP contribution in [-0.4, -0.2) is 66.4 Å². The van der Waals surface area contributed by atoms with Crippen LogP contribution in [0.2, 0.25) is 0 Å². The molecule has 5 rings (SSSR count). The molecule has 0 aliphatic carbocycles. The molecule has 4 aromatic carbocycles. The first kappa shape index (κ1) is 36.0. The first-order valence-corrected chi connectivity index (χ1v) is 16.1. The predicted octanol–water partition coefficient (Wildman–Crippen LogP) is 3.56. The van der Waals surface area contributed by atoms with Gasteiger partial charge in [0.1, 0.15) is 31.0 Å². The van der Waals surface area contributed by atoms with E-state index in [1.54, 1.807) is 54.6 Å². The number of nitrogens with zero attached hydrogens (tertiary/aromatic N) is 1. The van der Waals surface area contributed by atoms with E-state index in [0.717, 1.165) is 11.1 Å². The van der Waals surface area contributed by atoms with Crippen LogP contribution < -0.4 is 35.0 Å². The molecule has 0 saturated carbocycles. The van der Waals surface area contributed by atoms with Gasteiger partial charge in [0.25, 0.3) is 5.91 Å². The van der Waals surface area contributed by atoms with E-state index in [2.05, 4.69) is 21.2 Å². The van der Waals surface area contributed by atoms with E-state index in [4.69, 9.17) is 23.7 Å². The average Bonchev–Trinajstić information content (AvgIpc) is 3.62. The Bertz CT molecular complexity index is 1820. The lowest BCUT2D eigenvalue weighted by atomic mass is 10.0. The van der Waals surface area contributed by atoms with Crippen molar-refractivity contribution in [3.63, 3.8) is 0 Å². The smallest absolute Gasteiger partial charge is 0.408 e. The molecule has 1 heterocycles. The lowest BCUT2D eigenvalue weighted by Gasteiger charge is -2.21. The number of hydrazone groups is 1. The number of carbonyl (C=O) groups excluding carboxylic acids is 3. The summed E-state index contributed by atoms with van der Waals surface area (Å²) in [7, 11) is 0. The molecule has 0 aromatic heterocycles. The number of rotatable bonds is 16. The second kappa shape index (κ2) is 17.9. The van der Waals surface area contributed by atoms with Crippen LogP contribution in [-0.2, 0) is 34.0 Å².